The average Bonchev–Trinajstić information content (AvgIpc) is 2.72. The summed E-state index contributed by atoms with van der Waals surface area (Å²) in [5.41, 5.74) is -0.0760. The lowest BCUT2D eigenvalue weighted by Crippen LogP contribution is -2.60. The van der Waals surface area contributed by atoms with Crippen molar-refractivity contribution in [3.8, 4) is 0 Å². The average molecular weight is 522 g/mol. The largest absolute Gasteiger partial charge is 0.444 e. The summed E-state index contributed by atoms with van der Waals surface area (Å²) >= 11 is 1.59. The Bertz CT molecular complexity index is 886. The highest BCUT2D eigenvalue weighted by Crippen LogP contribution is 2.33. The minimum Gasteiger partial charge on any atom is -0.444 e. The Kier molecular flexibility index (Phi) is 11.3. The minimum atomic E-state index is -0.871. The molecule has 2 N–H and O–H groups in total. The third-order valence-electron chi connectivity index (χ3n) is 5.75. The van der Waals surface area contributed by atoms with Crippen molar-refractivity contribution in [1.29, 1.82) is 0 Å². The monoisotopic (exact) mass is 521 g/mol. The van der Waals surface area contributed by atoms with Gasteiger partial charge in [-0.05, 0) is 92.7 Å². The topological polar surface area (TPSA) is 87.7 Å². The fourth-order valence-electron chi connectivity index (χ4n) is 3.66. The van der Waals surface area contributed by atoms with Gasteiger partial charge in [-0.1, -0.05) is 36.8 Å². The Morgan fingerprint density at radius 3 is 2.00 bits per heavy atom. The normalized spacial score (nSPS) is 14.0. The summed E-state index contributed by atoms with van der Waals surface area (Å²) in [5.74, 6) is 0.0919. The van der Waals surface area contributed by atoms with Gasteiger partial charge in [-0.15, -0.1) is 0 Å². The molecule has 204 valence electrons. The van der Waals surface area contributed by atoms with Crippen molar-refractivity contribution in [1.82, 2.24) is 15.5 Å². The molecule has 0 radical (unpaired) electrons. The van der Waals surface area contributed by atoms with Crippen LogP contribution >= 0.6 is 11.8 Å². The van der Waals surface area contributed by atoms with Gasteiger partial charge >= 0.3 is 6.09 Å². The number of ether oxygens (including phenoxy) is 1. The van der Waals surface area contributed by atoms with Crippen molar-refractivity contribution < 1.29 is 19.1 Å². The summed E-state index contributed by atoms with van der Waals surface area (Å²) in [6.07, 6.45) is 2.33. The maximum absolute atomic E-state index is 14.3. The zero-order chi connectivity index (χ0) is 27.9. The Morgan fingerprint density at radius 2 is 1.56 bits per heavy atom. The number of rotatable bonds is 10. The van der Waals surface area contributed by atoms with Gasteiger partial charge in [0.2, 0.25) is 11.8 Å². The Labute approximate surface area is 222 Å². The van der Waals surface area contributed by atoms with Gasteiger partial charge in [-0.25, -0.2) is 4.79 Å². The molecule has 1 rings (SSSR count). The number of carbonyl (C=O) groups excluding carboxylic acids is 3. The number of carbonyl (C=O) groups is 3. The van der Waals surface area contributed by atoms with Crippen LogP contribution in [0, 0.1) is 6.92 Å². The zero-order valence-electron chi connectivity index (χ0n) is 24.1. The van der Waals surface area contributed by atoms with Crippen LogP contribution in [0.1, 0.15) is 92.3 Å². The van der Waals surface area contributed by atoms with Crippen LogP contribution in [0.15, 0.2) is 24.3 Å². The second kappa shape index (κ2) is 12.8. The molecular formula is C28H47N3O4S. The van der Waals surface area contributed by atoms with Crippen LogP contribution in [-0.2, 0) is 14.3 Å². The van der Waals surface area contributed by atoms with Crippen LogP contribution in [0.2, 0.25) is 0 Å². The van der Waals surface area contributed by atoms with E-state index in [1.54, 1.807) is 37.4 Å². The molecule has 8 heteroatoms. The smallest absolute Gasteiger partial charge is 0.408 e. The van der Waals surface area contributed by atoms with Crippen LogP contribution in [0.4, 0.5) is 4.79 Å². The highest BCUT2D eigenvalue weighted by Gasteiger charge is 2.43. The number of thioether (sulfide) groups is 1. The molecule has 1 aromatic carbocycles. The maximum Gasteiger partial charge on any atom is 0.408 e. The van der Waals surface area contributed by atoms with Gasteiger partial charge in [0.05, 0.1) is 0 Å². The molecule has 1 aromatic rings. The van der Waals surface area contributed by atoms with E-state index >= 15 is 0 Å². The Balaban J connectivity index is 3.62. The standard InChI is InChI=1S/C28H47N3O4S/c1-12-28(9,10)31(24(33)21(17-18-36-11)29-25(34)35-27(6,7)8)22(23(32)30-26(3,4)5)20-15-13-19(2)14-16-20/h13-16,21-22H,12,17-18H2,1-11H3,(H,29,34)(H,30,32). The number of nitrogens with zero attached hydrogens (tertiary/aromatic N) is 1. The van der Waals surface area contributed by atoms with E-state index in [0.717, 1.165) is 11.1 Å². The molecule has 0 aliphatic rings. The van der Waals surface area contributed by atoms with Crippen LogP contribution in [0.3, 0.4) is 0 Å². The first-order valence-electron chi connectivity index (χ1n) is 12.6. The number of hydrogen-bond donors (Lipinski definition) is 2. The lowest BCUT2D eigenvalue weighted by molar-refractivity contribution is -0.150. The third-order valence-corrected chi connectivity index (χ3v) is 6.40. The van der Waals surface area contributed by atoms with Crippen molar-refractivity contribution in [2.45, 2.75) is 111 Å². The first kappa shape index (κ1) is 31.8. The number of hydrogen-bond acceptors (Lipinski definition) is 5. The van der Waals surface area contributed by atoms with Crippen molar-refractivity contribution in [2.24, 2.45) is 0 Å². The van der Waals surface area contributed by atoms with E-state index < -0.39 is 34.9 Å². The lowest BCUT2D eigenvalue weighted by Gasteiger charge is -2.45. The van der Waals surface area contributed by atoms with Gasteiger partial charge in [0.1, 0.15) is 17.7 Å². The van der Waals surface area contributed by atoms with Gasteiger partial charge in [0.25, 0.3) is 0 Å². The Morgan fingerprint density at radius 1 is 1.00 bits per heavy atom. The summed E-state index contributed by atoms with van der Waals surface area (Å²) in [7, 11) is 0. The molecular weight excluding hydrogens is 474 g/mol. The first-order chi connectivity index (χ1) is 16.4. The molecule has 0 saturated carbocycles. The first-order valence-corrected chi connectivity index (χ1v) is 14.0. The lowest BCUT2D eigenvalue weighted by atomic mass is 9.91. The summed E-state index contributed by atoms with van der Waals surface area (Å²) < 4.78 is 5.45. The maximum atomic E-state index is 14.3. The predicted molar refractivity (Wildman–Crippen MR) is 149 cm³/mol. The summed E-state index contributed by atoms with van der Waals surface area (Å²) in [6, 6.07) is 5.97. The second-order valence-electron chi connectivity index (χ2n) is 11.9. The van der Waals surface area contributed by atoms with Crippen LogP contribution in [-0.4, -0.2) is 57.5 Å². The number of alkyl carbamates (subject to hydrolysis) is 1. The molecule has 0 aromatic heterocycles. The van der Waals surface area contributed by atoms with Crippen LogP contribution < -0.4 is 10.6 Å². The molecule has 3 amide bonds. The van der Waals surface area contributed by atoms with Gasteiger partial charge < -0.3 is 20.3 Å². The molecule has 36 heavy (non-hydrogen) atoms. The van der Waals surface area contributed by atoms with E-state index in [0.29, 0.717) is 18.6 Å². The molecule has 0 spiro atoms. The van der Waals surface area contributed by atoms with Crippen molar-refractivity contribution >= 4 is 29.7 Å². The molecule has 2 atom stereocenters. The Hall–Kier alpha value is -2.22. The van der Waals surface area contributed by atoms with Gasteiger partial charge in [0.15, 0.2) is 0 Å². The molecule has 0 saturated heterocycles. The van der Waals surface area contributed by atoms with E-state index in [2.05, 4.69) is 10.6 Å². The SMILES string of the molecule is CCC(C)(C)N(C(=O)C(CCSC)NC(=O)OC(C)(C)C)C(C(=O)NC(C)(C)C)c1ccc(C)cc1. The molecule has 0 fully saturated rings. The fraction of sp³-hybridized carbons (Fsp3) is 0.679. The van der Waals surface area contributed by atoms with E-state index in [1.807, 2.05) is 79.0 Å². The van der Waals surface area contributed by atoms with E-state index in [1.165, 1.54) is 0 Å². The third kappa shape index (κ3) is 10.0. The molecule has 0 aliphatic carbocycles. The van der Waals surface area contributed by atoms with Crippen molar-refractivity contribution in [2.75, 3.05) is 12.0 Å². The highest BCUT2D eigenvalue weighted by atomic mass is 32.2. The zero-order valence-corrected chi connectivity index (χ0v) is 24.9. The molecule has 0 aliphatic heterocycles. The van der Waals surface area contributed by atoms with E-state index in [-0.39, 0.29) is 11.8 Å². The number of amides is 3. The molecule has 0 heterocycles. The van der Waals surface area contributed by atoms with Crippen molar-refractivity contribution in [3.63, 3.8) is 0 Å². The summed E-state index contributed by atoms with van der Waals surface area (Å²) in [6.45, 7) is 19.0. The van der Waals surface area contributed by atoms with E-state index in [4.69, 9.17) is 4.74 Å². The highest BCUT2D eigenvalue weighted by molar-refractivity contribution is 7.98. The van der Waals surface area contributed by atoms with Crippen LogP contribution in [0.25, 0.3) is 0 Å². The molecule has 2 unspecified atom stereocenters. The predicted octanol–water partition coefficient (Wildman–Crippen LogP) is 5.61. The van der Waals surface area contributed by atoms with Gasteiger partial charge in [-0.3, -0.25) is 9.59 Å². The summed E-state index contributed by atoms with van der Waals surface area (Å²) in [4.78, 5) is 42.4. The van der Waals surface area contributed by atoms with Gasteiger partial charge in [-0.2, -0.15) is 11.8 Å². The van der Waals surface area contributed by atoms with E-state index in [9.17, 15) is 14.4 Å². The van der Waals surface area contributed by atoms with Crippen LogP contribution in [0.5, 0.6) is 0 Å². The number of benzene rings is 1. The molecule has 7 nitrogen and oxygen atoms in total. The fourth-order valence-corrected chi connectivity index (χ4v) is 4.13. The minimum absolute atomic E-state index is 0.262. The quantitative estimate of drug-likeness (QED) is 0.418. The van der Waals surface area contributed by atoms with Crippen molar-refractivity contribution in [3.05, 3.63) is 35.4 Å². The number of aryl methyl sites for hydroxylation is 1. The summed E-state index contributed by atoms with van der Waals surface area (Å²) in [5, 5.41) is 5.86. The van der Waals surface area contributed by atoms with Gasteiger partial charge in [0, 0.05) is 11.1 Å². The molecule has 0 bridgehead atoms. The second-order valence-corrected chi connectivity index (χ2v) is 12.9. The number of nitrogens with one attached hydrogen (secondary N) is 2.